The normalized spacial score (nSPS) is 29.2. The lowest BCUT2D eigenvalue weighted by Crippen LogP contribution is -2.19. The van der Waals surface area contributed by atoms with Crippen molar-refractivity contribution in [2.75, 3.05) is 19.8 Å². The van der Waals surface area contributed by atoms with Crippen LogP contribution in [0.3, 0.4) is 0 Å². The lowest BCUT2D eigenvalue weighted by atomic mass is 10.0. The zero-order chi connectivity index (χ0) is 13.2. The summed E-state index contributed by atoms with van der Waals surface area (Å²) in [6.45, 7) is 1.56. The van der Waals surface area contributed by atoms with Crippen molar-refractivity contribution in [3.05, 3.63) is 29.6 Å². The van der Waals surface area contributed by atoms with E-state index in [1.165, 1.54) is 12.1 Å². The standard InChI is InChI=1S/C14H17F2NO2.ClH/c15-9-1-2-14(19-11-3-4-18-8-11)12(5-9)13-6-10(16)7-17-13;/h1-2,5,10-11,13,17H,3-4,6-8H2;1H/t10-,11?,13+;/m0./s1. The number of halogens is 3. The van der Waals surface area contributed by atoms with Crippen LogP contribution in [-0.2, 0) is 4.74 Å². The molecule has 0 saturated carbocycles. The van der Waals surface area contributed by atoms with Crippen LogP contribution in [0.1, 0.15) is 24.4 Å². The highest BCUT2D eigenvalue weighted by Crippen LogP contribution is 2.33. The van der Waals surface area contributed by atoms with Gasteiger partial charge < -0.3 is 14.8 Å². The van der Waals surface area contributed by atoms with Crippen molar-refractivity contribution in [2.45, 2.75) is 31.2 Å². The molecular weight excluding hydrogens is 288 g/mol. The van der Waals surface area contributed by atoms with Gasteiger partial charge in [0.2, 0.25) is 0 Å². The van der Waals surface area contributed by atoms with Crippen molar-refractivity contribution in [2.24, 2.45) is 0 Å². The molecule has 3 atom stereocenters. The van der Waals surface area contributed by atoms with E-state index in [1.807, 2.05) is 0 Å². The Balaban J connectivity index is 0.00000147. The monoisotopic (exact) mass is 305 g/mol. The van der Waals surface area contributed by atoms with Gasteiger partial charge in [0, 0.05) is 24.6 Å². The van der Waals surface area contributed by atoms with Crippen molar-refractivity contribution in [3.8, 4) is 5.75 Å². The second-order valence-corrected chi connectivity index (χ2v) is 5.08. The first-order valence-electron chi connectivity index (χ1n) is 6.63. The smallest absolute Gasteiger partial charge is 0.124 e. The first kappa shape index (κ1) is 15.5. The van der Waals surface area contributed by atoms with Crippen LogP contribution in [0.5, 0.6) is 5.75 Å². The molecule has 0 bridgehead atoms. The van der Waals surface area contributed by atoms with Gasteiger partial charge in [0.1, 0.15) is 23.8 Å². The number of benzene rings is 1. The minimum atomic E-state index is -0.879. The van der Waals surface area contributed by atoms with Crippen molar-refractivity contribution in [1.29, 1.82) is 0 Å². The maximum atomic E-state index is 13.4. The summed E-state index contributed by atoms with van der Waals surface area (Å²) in [5, 5.41) is 3.06. The van der Waals surface area contributed by atoms with Crippen LogP contribution in [0.4, 0.5) is 8.78 Å². The summed E-state index contributed by atoms with van der Waals surface area (Å²) in [6, 6.07) is 4.25. The van der Waals surface area contributed by atoms with Crippen molar-refractivity contribution < 1.29 is 18.3 Å². The molecule has 20 heavy (non-hydrogen) atoms. The molecule has 112 valence electrons. The SMILES string of the molecule is Cl.Fc1ccc(OC2CCOC2)c([C@H]2C[C@H](F)CN2)c1. The van der Waals surface area contributed by atoms with Gasteiger partial charge in [0.05, 0.1) is 13.2 Å². The summed E-state index contributed by atoms with van der Waals surface area (Å²) in [5.74, 6) is 0.303. The topological polar surface area (TPSA) is 30.5 Å². The molecule has 3 rings (SSSR count). The van der Waals surface area contributed by atoms with Gasteiger partial charge in [-0.2, -0.15) is 0 Å². The van der Waals surface area contributed by atoms with Crippen molar-refractivity contribution >= 4 is 12.4 Å². The maximum absolute atomic E-state index is 13.4. The molecule has 0 radical (unpaired) electrons. The van der Waals surface area contributed by atoms with Crippen LogP contribution in [0.2, 0.25) is 0 Å². The molecule has 1 N–H and O–H groups in total. The fourth-order valence-electron chi connectivity index (χ4n) is 2.61. The summed E-state index contributed by atoms with van der Waals surface area (Å²) in [4.78, 5) is 0. The summed E-state index contributed by atoms with van der Waals surface area (Å²) in [5.41, 5.74) is 0.701. The van der Waals surface area contributed by atoms with Crippen molar-refractivity contribution in [1.82, 2.24) is 5.32 Å². The summed E-state index contributed by atoms with van der Waals surface area (Å²) in [6.07, 6.45) is 0.324. The number of hydrogen-bond acceptors (Lipinski definition) is 3. The van der Waals surface area contributed by atoms with Gasteiger partial charge in [-0.25, -0.2) is 8.78 Å². The molecule has 2 aliphatic heterocycles. The molecule has 0 amide bonds. The molecule has 2 saturated heterocycles. The largest absolute Gasteiger partial charge is 0.488 e. The summed E-state index contributed by atoms with van der Waals surface area (Å²) < 4.78 is 37.8. The van der Waals surface area contributed by atoms with E-state index in [9.17, 15) is 8.78 Å². The average molecular weight is 306 g/mol. The lowest BCUT2D eigenvalue weighted by molar-refractivity contribution is 0.140. The third kappa shape index (κ3) is 3.40. The number of hydrogen-bond donors (Lipinski definition) is 1. The van der Waals surface area contributed by atoms with Gasteiger partial charge in [0.25, 0.3) is 0 Å². The highest BCUT2D eigenvalue weighted by Gasteiger charge is 2.28. The Morgan fingerprint density at radius 1 is 1.35 bits per heavy atom. The average Bonchev–Trinajstić information content (AvgIpc) is 3.03. The molecule has 2 aliphatic rings. The van der Waals surface area contributed by atoms with Gasteiger partial charge in [-0.1, -0.05) is 0 Å². The first-order valence-corrected chi connectivity index (χ1v) is 6.63. The third-order valence-corrected chi connectivity index (χ3v) is 3.61. The predicted molar refractivity (Wildman–Crippen MR) is 73.8 cm³/mol. The fraction of sp³-hybridized carbons (Fsp3) is 0.571. The number of ether oxygens (including phenoxy) is 2. The quantitative estimate of drug-likeness (QED) is 0.931. The Morgan fingerprint density at radius 2 is 2.20 bits per heavy atom. The Kier molecular flexibility index (Phi) is 5.18. The Morgan fingerprint density at radius 3 is 2.85 bits per heavy atom. The molecule has 2 heterocycles. The molecule has 1 aromatic rings. The zero-order valence-corrected chi connectivity index (χ0v) is 11.8. The van der Waals surface area contributed by atoms with Gasteiger partial charge in [-0.15, -0.1) is 12.4 Å². The lowest BCUT2D eigenvalue weighted by Gasteiger charge is -2.19. The molecule has 1 unspecified atom stereocenters. The van der Waals surface area contributed by atoms with Crippen LogP contribution >= 0.6 is 12.4 Å². The molecule has 1 aromatic carbocycles. The first-order chi connectivity index (χ1) is 9.22. The Labute approximate surface area is 123 Å². The number of rotatable bonds is 3. The minimum absolute atomic E-state index is 0. The molecule has 6 heteroatoms. The van der Waals surface area contributed by atoms with Gasteiger partial charge in [-0.3, -0.25) is 0 Å². The Hall–Kier alpha value is -0.910. The van der Waals surface area contributed by atoms with E-state index in [-0.39, 0.29) is 30.4 Å². The molecular formula is C14H18ClF2NO2. The van der Waals surface area contributed by atoms with Crippen LogP contribution < -0.4 is 10.1 Å². The molecule has 0 aromatic heterocycles. The molecule has 2 fully saturated rings. The van der Waals surface area contributed by atoms with E-state index in [4.69, 9.17) is 9.47 Å². The predicted octanol–water partition coefficient (Wildman–Crippen LogP) is 2.79. The van der Waals surface area contributed by atoms with E-state index in [0.29, 0.717) is 37.5 Å². The highest BCUT2D eigenvalue weighted by molar-refractivity contribution is 5.85. The van der Waals surface area contributed by atoms with Crippen LogP contribution in [0.25, 0.3) is 0 Å². The van der Waals surface area contributed by atoms with Gasteiger partial charge in [-0.05, 0) is 24.6 Å². The zero-order valence-electron chi connectivity index (χ0n) is 11.0. The van der Waals surface area contributed by atoms with Crippen LogP contribution in [0, 0.1) is 5.82 Å². The van der Waals surface area contributed by atoms with Crippen molar-refractivity contribution in [3.63, 3.8) is 0 Å². The third-order valence-electron chi connectivity index (χ3n) is 3.61. The van der Waals surface area contributed by atoms with Crippen LogP contribution in [0.15, 0.2) is 18.2 Å². The Bertz CT molecular complexity index is 455. The minimum Gasteiger partial charge on any atom is -0.488 e. The second-order valence-electron chi connectivity index (χ2n) is 5.08. The maximum Gasteiger partial charge on any atom is 0.124 e. The van der Waals surface area contributed by atoms with E-state index < -0.39 is 6.17 Å². The highest BCUT2D eigenvalue weighted by atomic mass is 35.5. The summed E-state index contributed by atoms with van der Waals surface area (Å²) in [7, 11) is 0. The molecule has 0 aliphatic carbocycles. The van der Waals surface area contributed by atoms with Gasteiger partial charge in [0.15, 0.2) is 0 Å². The second kappa shape index (κ2) is 6.70. The molecule has 0 spiro atoms. The van der Waals surface area contributed by atoms with E-state index in [0.717, 1.165) is 6.42 Å². The fourth-order valence-corrected chi connectivity index (χ4v) is 2.61. The summed E-state index contributed by atoms with van der Waals surface area (Å²) >= 11 is 0. The van der Waals surface area contributed by atoms with Gasteiger partial charge >= 0.3 is 0 Å². The van der Waals surface area contributed by atoms with E-state index in [1.54, 1.807) is 6.07 Å². The van der Waals surface area contributed by atoms with Crippen LogP contribution in [-0.4, -0.2) is 32.0 Å². The van der Waals surface area contributed by atoms with E-state index >= 15 is 0 Å². The molecule has 3 nitrogen and oxygen atoms in total. The number of alkyl halides is 1. The van der Waals surface area contributed by atoms with E-state index in [2.05, 4.69) is 5.32 Å². The number of nitrogens with one attached hydrogen (secondary N) is 1.